The molecule has 0 amide bonds. The van der Waals surface area contributed by atoms with Crippen LogP contribution in [-0.4, -0.2) is 35.4 Å². The van der Waals surface area contributed by atoms with Crippen molar-refractivity contribution < 1.29 is 15.0 Å². The minimum Gasteiger partial charge on any atom is -0.481 e. The summed E-state index contributed by atoms with van der Waals surface area (Å²) in [5.41, 5.74) is 3.57. The van der Waals surface area contributed by atoms with Gasteiger partial charge in [0, 0.05) is 12.6 Å². The Hall–Kier alpha value is -1.39. The van der Waals surface area contributed by atoms with E-state index in [0.29, 0.717) is 13.0 Å². The molecule has 1 unspecified atom stereocenters. The highest BCUT2D eigenvalue weighted by Gasteiger charge is 2.13. The van der Waals surface area contributed by atoms with Gasteiger partial charge >= 0.3 is 5.97 Å². The number of benzene rings is 1. The van der Waals surface area contributed by atoms with Crippen LogP contribution in [0.4, 0.5) is 0 Å². The van der Waals surface area contributed by atoms with Crippen molar-refractivity contribution in [2.45, 2.75) is 32.7 Å². The molecule has 1 atom stereocenters. The first-order valence-electron chi connectivity index (χ1n) is 6.15. The maximum atomic E-state index is 10.8. The average molecular weight is 251 g/mol. The number of aryl methyl sites for hydroxylation is 2. The lowest BCUT2D eigenvalue weighted by molar-refractivity contribution is -0.137. The van der Waals surface area contributed by atoms with Crippen molar-refractivity contribution in [2.24, 2.45) is 0 Å². The van der Waals surface area contributed by atoms with Crippen LogP contribution in [0.1, 0.15) is 23.1 Å². The molecule has 100 valence electrons. The Balaban J connectivity index is 2.68. The van der Waals surface area contributed by atoms with Crippen molar-refractivity contribution in [3.05, 3.63) is 34.9 Å². The van der Waals surface area contributed by atoms with Crippen molar-refractivity contribution in [1.29, 1.82) is 0 Å². The summed E-state index contributed by atoms with van der Waals surface area (Å²) in [4.78, 5) is 10.8. The van der Waals surface area contributed by atoms with Gasteiger partial charge in [0.15, 0.2) is 0 Å². The third kappa shape index (κ3) is 4.85. The number of rotatable bonds is 7. The van der Waals surface area contributed by atoms with Gasteiger partial charge in [-0.15, -0.1) is 0 Å². The Morgan fingerprint density at radius 2 is 2.06 bits per heavy atom. The van der Waals surface area contributed by atoms with Crippen LogP contribution in [0.15, 0.2) is 18.2 Å². The maximum absolute atomic E-state index is 10.8. The number of aliphatic hydroxyl groups excluding tert-OH is 1. The number of aliphatic hydroxyl groups is 1. The first kappa shape index (κ1) is 14.7. The number of aliphatic carboxylic acids is 1. The number of nitrogens with one attached hydrogen (secondary N) is 1. The van der Waals surface area contributed by atoms with E-state index in [1.165, 1.54) is 11.1 Å². The fourth-order valence-corrected chi connectivity index (χ4v) is 1.91. The molecule has 0 saturated carbocycles. The Morgan fingerprint density at radius 3 is 2.61 bits per heavy atom. The fourth-order valence-electron chi connectivity index (χ4n) is 1.91. The molecule has 1 aromatic rings. The molecule has 1 rings (SSSR count). The van der Waals surface area contributed by atoms with E-state index >= 15 is 0 Å². The number of hydrogen-bond donors (Lipinski definition) is 3. The minimum absolute atomic E-state index is 0.0169. The van der Waals surface area contributed by atoms with Crippen molar-refractivity contribution in [3.8, 4) is 0 Å². The molecule has 0 aliphatic rings. The van der Waals surface area contributed by atoms with E-state index in [9.17, 15) is 4.79 Å². The highest BCUT2D eigenvalue weighted by molar-refractivity contribution is 5.67. The Bertz CT molecular complexity index is 404. The van der Waals surface area contributed by atoms with Gasteiger partial charge in [0.05, 0.1) is 13.0 Å². The Labute approximate surface area is 108 Å². The van der Waals surface area contributed by atoms with E-state index in [1.54, 1.807) is 0 Å². The standard InChI is InChI=1S/C14H21NO3/c1-10-3-4-12(7-11(10)2)8-13(9-14(17)18)15-5-6-16/h3-4,7,13,15-16H,5-6,8-9H2,1-2H3,(H,17,18). The quantitative estimate of drug-likeness (QED) is 0.682. The lowest BCUT2D eigenvalue weighted by atomic mass is 9.99. The summed E-state index contributed by atoms with van der Waals surface area (Å²) >= 11 is 0. The predicted octanol–water partition coefficient (Wildman–Crippen LogP) is 1.27. The average Bonchev–Trinajstić information content (AvgIpc) is 2.30. The largest absolute Gasteiger partial charge is 0.481 e. The minimum atomic E-state index is -0.825. The van der Waals surface area contributed by atoms with E-state index < -0.39 is 5.97 Å². The monoisotopic (exact) mass is 251 g/mol. The van der Waals surface area contributed by atoms with E-state index in [2.05, 4.69) is 24.4 Å². The van der Waals surface area contributed by atoms with Crippen LogP contribution in [0.5, 0.6) is 0 Å². The van der Waals surface area contributed by atoms with Gasteiger partial charge in [0.2, 0.25) is 0 Å². The summed E-state index contributed by atoms with van der Waals surface area (Å²) in [7, 11) is 0. The zero-order valence-corrected chi connectivity index (χ0v) is 10.9. The van der Waals surface area contributed by atoms with Crippen molar-refractivity contribution in [1.82, 2.24) is 5.32 Å². The molecule has 0 radical (unpaired) electrons. The lowest BCUT2D eigenvalue weighted by Crippen LogP contribution is -2.35. The summed E-state index contributed by atoms with van der Waals surface area (Å²) in [6, 6.07) is 6.02. The predicted molar refractivity (Wildman–Crippen MR) is 70.7 cm³/mol. The summed E-state index contributed by atoms with van der Waals surface area (Å²) in [5.74, 6) is -0.825. The molecule has 3 N–H and O–H groups in total. The van der Waals surface area contributed by atoms with Gasteiger partial charge in [-0.25, -0.2) is 0 Å². The molecule has 4 heteroatoms. The second-order valence-corrected chi connectivity index (χ2v) is 4.60. The fraction of sp³-hybridized carbons (Fsp3) is 0.500. The van der Waals surface area contributed by atoms with E-state index in [0.717, 1.165) is 5.56 Å². The number of hydrogen-bond acceptors (Lipinski definition) is 3. The molecule has 0 fully saturated rings. The molecule has 1 aromatic carbocycles. The third-order valence-corrected chi connectivity index (χ3v) is 3.02. The maximum Gasteiger partial charge on any atom is 0.304 e. The molecule has 0 spiro atoms. The molecular formula is C14H21NO3. The first-order valence-corrected chi connectivity index (χ1v) is 6.15. The second kappa shape index (κ2) is 7.13. The molecule has 4 nitrogen and oxygen atoms in total. The summed E-state index contributed by atoms with van der Waals surface area (Å²) < 4.78 is 0. The van der Waals surface area contributed by atoms with Crippen molar-refractivity contribution in [3.63, 3.8) is 0 Å². The van der Waals surface area contributed by atoms with Crippen LogP contribution < -0.4 is 5.32 Å². The SMILES string of the molecule is Cc1ccc(CC(CC(=O)O)NCCO)cc1C. The smallest absolute Gasteiger partial charge is 0.304 e. The summed E-state index contributed by atoms with van der Waals surface area (Å²) in [5, 5.41) is 20.7. The van der Waals surface area contributed by atoms with Crippen LogP contribution in [0.25, 0.3) is 0 Å². The van der Waals surface area contributed by atoms with E-state index in [1.807, 2.05) is 13.0 Å². The molecule has 0 saturated heterocycles. The van der Waals surface area contributed by atoms with Gasteiger partial charge in [-0.1, -0.05) is 18.2 Å². The van der Waals surface area contributed by atoms with Gasteiger partial charge in [-0.05, 0) is 37.0 Å². The lowest BCUT2D eigenvalue weighted by Gasteiger charge is -2.17. The van der Waals surface area contributed by atoms with Gasteiger partial charge in [0.1, 0.15) is 0 Å². The Kier molecular flexibility index (Phi) is 5.82. The normalized spacial score (nSPS) is 12.4. The zero-order chi connectivity index (χ0) is 13.5. The summed E-state index contributed by atoms with van der Waals surface area (Å²) in [6.45, 7) is 4.54. The number of carboxylic acid groups (broad SMARTS) is 1. The third-order valence-electron chi connectivity index (χ3n) is 3.02. The molecule has 0 aromatic heterocycles. The van der Waals surface area contributed by atoms with E-state index in [4.69, 9.17) is 10.2 Å². The highest BCUT2D eigenvalue weighted by Crippen LogP contribution is 2.12. The zero-order valence-electron chi connectivity index (χ0n) is 10.9. The van der Waals surface area contributed by atoms with E-state index in [-0.39, 0.29) is 19.1 Å². The highest BCUT2D eigenvalue weighted by atomic mass is 16.4. The van der Waals surface area contributed by atoms with Crippen molar-refractivity contribution >= 4 is 5.97 Å². The van der Waals surface area contributed by atoms with Crippen molar-refractivity contribution in [2.75, 3.05) is 13.2 Å². The second-order valence-electron chi connectivity index (χ2n) is 4.60. The van der Waals surface area contributed by atoms with Gasteiger partial charge in [0.25, 0.3) is 0 Å². The molecule has 0 aliphatic carbocycles. The van der Waals surface area contributed by atoms with Gasteiger partial charge < -0.3 is 15.5 Å². The molecule has 0 bridgehead atoms. The Morgan fingerprint density at radius 1 is 1.33 bits per heavy atom. The van der Waals surface area contributed by atoms with Crippen LogP contribution in [0.2, 0.25) is 0 Å². The van der Waals surface area contributed by atoms with Crippen LogP contribution in [-0.2, 0) is 11.2 Å². The number of carboxylic acids is 1. The first-order chi connectivity index (χ1) is 8.52. The van der Waals surface area contributed by atoms with Gasteiger partial charge in [-0.2, -0.15) is 0 Å². The van der Waals surface area contributed by atoms with Crippen LogP contribution >= 0.6 is 0 Å². The molecule has 18 heavy (non-hydrogen) atoms. The van der Waals surface area contributed by atoms with Gasteiger partial charge in [-0.3, -0.25) is 4.79 Å². The molecule has 0 heterocycles. The number of carbonyl (C=O) groups is 1. The molecule has 0 aliphatic heterocycles. The topological polar surface area (TPSA) is 69.6 Å². The molecular weight excluding hydrogens is 230 g/mol. The van der Waals surface area contributed by atoms with Crippen LogP contribution in [0.3, 0.4) is 0 Å². The van der Waals surface area contributed by atoms with Crippen LogP contribution in [0, 0.1) is 13.8 Å². The summed E-state index contributed by atoms with van der Waals surface area (Å²) in [6.07, 6.45) is 0.723.